The minimum Gasteiger partial charge on any atom is -0.497 e. The molecule has 7 heteroatoms. The Morgan fingerprint density at radius 3 is 2.36 bits per heavy atom. The zero-order chi connectivity index (χ0) is 20.7. The van der Waals surface area contributed by atoms with Crippen molar-refractivity contribution in [3.05, 3.63) is 58.1 Å². The van der Waals surface area contributed by atoms with Crippen LogP contribution in [0.4, 0.5) is 10.5 Å². The second-order valence-corrected chi connectivity index (χ2v) is 8.29. The molecular weight excluding hydrogens is 424 g/mol. The monoisotopic (exact) mass is 442 g/mol. The SMILES string of the molecule is COc1ccc([C@@]2(C#N)C(=O)N(C(=O)OC(C)(C)C)c3cc(Br)ccc32)cc1. The summed E-state index contributed by atoms with van der Waals surface area (Å²) in [6.07, 6.45) is -0.817. The van der Waals surface area contributed by atoms with Crippen molar-refractivity contribution in [3.63, 3.8) is 0 Å². The van der Waals surface area contributed by atoms with E-state index < -0.39 is 23.0 Å². The van der Waals surface area contributed by atoms with E-state index in [9.17, 15) is 14.9 Å². The van der Waals surface area contributed by atoms with Gasteiger partial charge in [-0.25, -0.2) is 9.69 Å². The number of ether oxygens (including phenoxy) is 2. The highest BCUT2D eigenvalue weighted by atomic mass is 79.9. The highest BCUT2D eigenvalue weighted by Crippen LogP contribution is 2.47. The van der Waals surface area contributed by atoms with Crippen LogP contribution in [0.15, 0.2) is 46.9 Å². The fourth-order valence-corrected chi connectivity index (χ4v) is 3.53. The first-order valence-electron chi connectivity index (χ1n) is 8.57. The predicted molar refractivity (Wildman–Crippen MR) is 107 cm³/mol. The molecule has 0 unspecified atom stereocenters. The number of hydrogen-bond donors (Lipinski definition) is 0. The number of methoxy groups -OCH3 is 1. The summed E-state index contributed by atoms with van der Waals surface area (Å²) in [5.74, 6) is -0.0650. The Morgan fingerprint density at radius 1 is 1.18 bits per heavy atom. The second-order valence-electron chi connectivity index (χ2n) is 7.37. The van der Waals surface area contributed by atoms with Crippen molar-refractivity contribution in [1.29, 1.82) is 5.26 Å². The Kier molecular flexibility index (Phi) is 4.94. The van der Waals surface area contributed by atoms with Crippen LogP contribution in [0.5, 0.6) is 5.75 Å². The smallest absolute Gasteiger partial charge is 0.421 e. The standard InChI is InChI=1S/C21H19BrN2O4/c1-20(2,3)28-19(26)24-17-11-14(22)7-10-16(17)21(12-23,18(24)25)13-5-8-15(27-4)9-6-13/h5-11H,1-4H3/t21-/m1/s1. The summed E-state index contributed by atoms with van der Waals surface area (Å²) in [5.41, 5.74) is -1.23. The number of rotatable bonds is 2. The van der Waals surface area contributed by atoms with E-state index in [2.05, 4.69) is 22.0 Å². The third kappa shape index (κ3) is 3.14. The van der Waals surface area contributed by atoms with Crippen LogP contribution in [-0.2, 0) is 14.9 Å². The van der Waals surface area contributed by atoms with E-state index in [0.717, 1.165) is 4.90 Å². The number of nitrogens with zero attached hydrogens (tertiary/aromatic N) is 2. The van der Waals surface area contributed by atoms with E-state index in [1.165, 1.54) is 7.11 Å². The highest BCUT2D eigenvalue weighted by Gasteiger charge is 2.55. The number of carbonyl (C=O) groups is 2. The number of imide groups is 1. The van der Waals surface area contributed by atoms with Gasteiger partial charge in [0, 0.05) is 10.0 Å². The third-order valence-electron chi connectivity index (χ3n) is 4.40. The van der Waals surface area contributed by atoms with Crippen molar-refractivity contribution in [2.75, 3.05) is 12.0 Å². The largest absolute Gasteiger partial charge is 0.497 e. The Bertz CT molecular complexity index is 989. The first kappa shape index (κ1) is 19.9. The molecule has 2 aromatic carbocycles. The van der Waals surface area contributed by atoms with Crippen molar-refractivity contribution in [1.82, 2.24) is 0 Å². The number of hydrogen-bond acceptors (Lipinski definition) is 5. The van der Waals surface area contributed by atoms with Crippen molar-refractivity contribution >= 4 is 33.6 Å². The zero-order valence-corrected chi connectivity index (χ0v) is 17.5. The van der Waals surface area contributed by atoms with Gasteiger partial charge in [0.2, 0.25) is 0 Å². The molecule has 0 aromatic heterocycles. The molecule has 1 atom stereocenters. The van der Waals surface area contributed by atoms with Gasteiger partial charge < -0.3 is 9.47 Å². The van der Waals surface area contributed by atoms with Crippen molar-refractivity contribution in [2.45, 2.75) is 31.8 Å². The average Bonchev–Trinajstić information content (AvgIpc) is 2.88. The van der Waals surface area contributed by atoms with Crippen molar-refractivity contribution in [2.24, 2.45) is 0 Å². The van der Waals surface area contributed by atoms with Gasteiger partial charge in [0.1, 0.15) is 11.4 Å². The van der Waals surface area contributed by atoms with Gasteiger partial charge in [-0.3, -0.25) is 4.79 Å². The van der Waals surface area contributed by atoms with E-state index in [1.54, 1.807) is 63.2 Å². The molecule has 6 nitrogen and oxygen atoms in total. The summed E-state index contributed by atoms with van der Waals surface area (Å²) < 4.78 is 11.3. The van der Waals surface area contributed by atoms with E-state index >= 15 is 0 Å². The molecule has 0 fully saturated rings. The quantitative estimate of drug-likeness (QED) is 0.681. The van der Waals surface area contributed by atoms with E-state index in [-0.39, 0.29) is 0 Å². The Morgan fingerprint density at radius 2 is 1.82 bits per heavy atom. The van der Waals surface area contributed by atoms with E-state index in [4.69, 9.17) is 9.47 Å². The van der Waals surface area contributed by atoms with Crippen LogP contribution in [0, 0.1) is 11.3 Å². The fourth-order valence-electron chi connectivity index (χ4n) is 3.18. The van der Waals surface area contributed by atoms with Crippen molar-refractivity contribution < 1.29 is 19.1 Å². The molecule has 0 aliphatic carbocycles. The highest BCUT2D eigenvalue weighted by molar-refractivity contribution is 9.10. The number of nitriles is 1. The molecule has 1 heterocycles. The molecule has 0 saturated carbocycles. The average molecular weight is 443 g/mol. The molecule has 0 saturated heterocycles. The van der Waals surface area contributed by atoms with Gasteiger partial charge in [0.05, 0.1) is 18.9 Å². The van der Waals surface area contributed by atoms with Crippen LogP contribution < -0.4 is 9.64 Å². The molecule has 0 bridgehead atoms. The summed E-state index contributed by atoms with van der Waals surface area (Å²) in [4.78, 5) is 27.2. The van der Waals surface area contributed by atoms with E-state index in [0.29, 0.717) is 27.0 Å². The van der Waals surface area contributed by atoms with Gasteiger partial charge in [-0.2, -0.15) is 5.26 Å². The van der Waals surface area contributed by atoms with Crippen LogP contribution in [0.25, 0.3) is 0 Å². The minimum absolute atomic E-state index is 0.325. The summed E-state index contributed by atoms with van der Waals surface area (Å²) in [7, 11) is 1.53. The number of halogens is 1. The molecule has 2 aromatic rings. The molecular formula is C21H19BrN2O4. The second kappa shape index (κ2) is 6.95. The predicted octanol–water partition coefficient (Wildman–Crippen LogP) is 4.55. The number of amides is 2. The number of benzene rings is 2. The Balaban J connectivity index is 2.21. The summed E-state index contributed by atoms with van der Waals surface area (Å²) in [5, 5.41) is 10.1. The van der Waals surface area contributed by atoms with Crippen LogP contribution in [0.3, 0.4) is 0 Å². The van der Waals surface area contributed by atoms with E-state index in [1.807, 2.05) is 0 Å². The molecule has 0 spiro atoms. The first-order valence-corrected chi connectivity index (χ1v) is 9.36. The fraction of sp³-hybridized carbons (Fsp3) is 0.286. The molecule has 3 rings (SSSR count). The lowest BCUT2D eigenvalue weighted by atomic mass is 9.76. The normalized spacial score (nSPS) is 18.4. The van der Waals surface area contributed by atoms with Gasteiger partial charge in [-0.05, 0) is 50.6 Å². The lowest BCUT2D eigenvalue weighted by Gasteiger charge is -2.25. The maximum atomic E-state index is 13.5. The summed E-state index contributed by atoms with van der Waals surface area (Å²) >= 11 is 3.37. The molecule has 1 aliphatic heterocycles. The lowest BCUT2D eigenvalue weighted by molar-refractivity contribution is -0.120. The number of fused-ring (bicyclic) bond motifs is 1. The van der Waals surface area contributed by atoms with Crippen LogP contribution in [0.2, 0.25) is 0 Å². The van der Waals surface area contributed by atoms with Crippen LogP contribution in [-0.4, -0.2) is 24.7 Å². The minimum atomic E-state index is -1.65. The topological polar surface area (TPSA) is 79.6 Å². The maximum Gasteiger partial charge on any atom is 0.421 e. The summed E-state index contributed by atoms with van der Waals surface area (Å²) in [6.45, 7) is 5.15. The zero-order valence-electron chi connectivity index (χ0n) is 15.9. The van der Waals surface area contributed by atoms with Gasteiger partial charge in [-0.15, -0.1) is 0 Å². The third-order valence-corrected chi connectivity index (χ3v) is 4.89. The molecule has 28 heavy (non-hydrogen) atoms. The first-order chi connectivity index (χ1) is 13.1. The molecule has 1 aliphatic rings. The maximum absolute atomic E-state index is 13.5. The Labute approximate surface area is 171 Å². The van der Waals surface area contributed by atoms with Gasteiger partial charge >= 0.3 is 6.09 Å². The molecule has 144 valence electrons. The lowest BCUT2D eigenvalue weighted by Crippen LogP contribution is -2.45. The molecule has 0 radical (unpaired) electrons. The van der Waals surface area contributed by atoms with Gasteiger partial charge in [0.25, 0.3) is 5.91 Å². The number of anilines is 1. The van der Waals surface area contributed by atoms with Crippen LogP contribution >= 0.6 is 15.9 Å². The van der Waals surface area contributed by atoms with Gasteiger partial charge in [0.15, 0.2) is 5.41 Å². The van der Waals surface area contributed by atoms with Crippen LogP contribution in [0.1, 0.15) is 31.9 Å². The molecule has 0 N–H and O–H groups in total. The summed E-state index contributed by atoms with van der Waals surface area (Å²) in [6, 6.07) is 13.9. The molecule has 2 amide bonds. The Hall–Kier alpha value is -2.85. The number of carbonyl (C=O) groups excluding carboxylic acids is 2. The van der Waals surface area contributed by atoms with Gasteiger partial charge in [-0.1, -0.05) is 34.1 Å². The van der Waals surface area contributed by atoms with Crippen molar-refractivity contribution in [3.8, 4) is 11.8 Å².